The number of aliphatic imine (C=N–C) groups is 1. The Balaban J connectivity index is 2.13. The standard InChI is InChI=1S/C18H13F3N2O3/c1-9-5-14-15(7-12(9)18(19,20)21)23-16(24)8-13(22-14)10-3-2-4-11(6-10)17(25)26/h2-7H,8H2,1H3,(H,23,24)(H,25,26). The number of rotatable bonds is 2. The van der Waals surface area contributed by atoms with Gasteiger partial charge in [-0.15, -0.1) is 0 Å². The van der Waals surface area contributed by atoms with Crippen LogP contribution in [0.5, 0.6) is 0 Å². The molecule has 134 valence electrons. The molecule has 0 radical (unpaired) electrons. The van der Waals surface area contributed by atoms with Crippen LogP contribution >= 0.6 is 0 Å². The summed E-state index contributed by atoms with van der Waals surface area (Å²) in [6, 6.07) is 8.00. The van der Waals surface area contributed by atoms with Crippen molar-refractivity contribution in [3.05, 3.63) is 58.7 Å². The molecule has 5 nitrogen and oxygen atoms in total. The Morgan fingerprint density at radius 2 is 1.96 bits per heavy atom. The zero-order valence-corrected chi connectivity index (χ0v) is 13.5. The largest absolute Gasteiger partial charge is 0.478 e. The minimum atomic E-state index is -4.54. The van der Waals surface area contributed by atoms with E-state index >= 15 is 0 Å². The molecular weight excluding hydrogens is 349 g/mol. The molecule has 26 heavy (non-hydrogen) atoms. The van der Waals surface area contributed by atoms with Crippen LogP contribution in [0.15, 0.2) is 41.4 Å². The number of hydrogen-bond acceptors (Lipinski definition) is 3. The minimum absolute atomic E-state index is 0.0187. The molecule has 2 aromatic carbocycles. The van der Waals surface area contributed by atoms with E-state index in [1.165, 1.54) is 31.2 Å². The van der Waals surface area contributed by atoms with E-state index < -0.39 is 23.6 Å². The maximum atomic E-state index is 13.1. The number of nitrogens with one attached hydrogen (secondary N) is 1. The number of benzene rings is 2. The fourth-order valence-corrected chi connectivity index (χ4v) is 2.72. The van der Waals surface area contributed by atoms with Gasteiger partial charge in [-0.25, -0.2) is 4.79 Å². The smallest absolute Gasteiger partial charge is 0.416 e. The van der Waals surface area contributed by atoms with Crippen LogP contribution in [-0.4, -0.2) is 22.7 Å². The number of carbonyl (C=O) groups excluding carboxylic acids is 1. The fraction of sp³-hybridized carbons (Fsp3) is 0.167. The van der Waals surface area contributed by atoms with Crippen molar-refractivity contribution in [1.29, 1.82) is 0 Å². The van der Waals surface area contributed by atoms with E-state index in [2.05, 4.69) is 10.3 Å². The molecule has 0 bridgehead atoms. The second kappa shape index (κ2) is 6.29. The first-order valence-electron chi connectivity index (χ1n) is 7.58. The summed E-state index contributed by atoms with van der Waals surface area (Å²) in [5.74, 6) is -1.66. The van der Waals surface area contributed by atoms with E-state index in [0.29, 0.717) is 5.56 Å². The number of halogens is 3. The molecule has 1 aliphatic rings. The highest BCUT2D eigenvalue weighted by molar-refractivity contribution is 6.17. The fourth-order valence-electron chi connectivity index (χ4n) is 2.72. The van der Waals surface area contributed by atoms with E-state index in [-0.39, 0.29) is 34.6 Å². The van der Waals surface area contributed by atoms with E-state index in [4.69, 9.17) is 5.11 Å². The minimum Gasteiger partial charge on any atom is -0.478 e. The summed E-state index contributed by atoms with van der Waals surface area (Å²) in [6.45, 7) is 1.32. The van der Waals surface area contributed by atoms with Crippen molar-refractivity contribution >= 4 is 29.0 Å². The summed E-state index contributed by atoms with van der Waals surface area (Å²) in [5.41, 5.74) is 0.0277. The molecule has 0 aliphatic carbocycles. The van der Waals surface area contributed by atoms with Gasteiger partial charge in [0.05, 0.1) is 34.6 Å². The second-order valence-electron chi connectivity index (χ2n) is 5.85. The first-order chi connectivity index (χ1) is 12.1. The lowest BCUT2D eigenvalue weighted by atomic mass is 10.0. The van der Waals surface area contributed by atoms with Crippen molar-refractivity contribution in [2.75, 3.05) is 5.32 Å². The first kappa shape index (κ1) is 17.7. The molecular formula is C18H13F3N2O3. The van der Waals surface area contributed by atoms with Crippen LogP contribution in [0.1, 0.15) is 33.5 Å². The predicted molar refractivity (Wildman–Crippen MR) is 89.0 cm³/mol. The molecule has 1 amide bonds. The van der Waals surface area contributed by atoms with Gasteiger partial charge in [-0.3, -0.25) is 9.79 Å². The molecule has 0 aromatic heterocycles. The van der Waals surface area contributed by atoms with Crippen molar-refractivity contribution < 1.29 is 27.9 Å². The van der Waals surface area contributed by atoms with Crippen LogP contribution in [0.2, 0.25) is 0 Å². The Morgan fingerprint density at radius 1 is 1.23 bits per heavy atom. The number of nitrogens with zero attached hydrogens (tertiary/aromatic N) is 1. The third kappa shape index (κ3) is 3.44. The van der Waals surface area contributed by atoms with Crippen molar-refractivity contribution in [2.45, 2.75) is 19.5 Å². The molecule has 3 rings (SSSR count). The molecule has 1 aliphatic heterocycles. The van der Waals surface area contributed by atoms with Crippen LogP contribution in [0.25, 0.3) is 0 Å². The lowest BCUT2D eigenvalue weighted by Gasteiger charge is -2.13. The average molecular weight is 362 g/mol. The number of alkyl halides is 3. The van der Waals surface area contributed by atoms with Gasteiger partial charge < -0.3 is 10.4 Å². The molecule has 8 heteroatoms. The topological polar surface area (TPSA) is 78.8 Å². The van der Waals surface area contributed by atoms with Gasteiger partial charge in [0.15, 0.2) is 0 Å². The normalized spacial score (nSPS) is 14.2. The Kier molecular flexibility index (Phi) is 4.27. The lowest BCUT2D eigenvalue weighted by Crippen LogP contribution is -2.16. The number of carboxylic acids is 1. The molecule has 0 spiro atoms. The average Bonchev–Trinajstić information content (AvgIpc) is 2.71. The summed E-state index contributed by atoms with van der Waals surface area (Å²) < 4.78 is 39.2. The van der Waals surface area contributed by atoms with Crippen molar-refractivity contribution in [3.63, 3.8) is 0 Å². The van der Waals surface area contributed by atoms with E-state index in [1.807, 2.05) is 0 Å². The van der Waals surface area contributed by atoms with Gasteiger partial charge in [0.25, 0.3) is 0 Å². The number of aromatic carboxylic acids is 1. The first-order valence-corrected chi connectivity index (χ1v) is 7.58. The van der Waals surface area contributed by atoms with Gasteiger partial charge in [-0.05, 0) is 42.3 Å². The van der Waals surface area contributed by atoms with Gasteiger partial charge in [-0.2, -0.15) is 13.2 Å². The van der Waals surface area contributed by atoms with Crippen LogP contribution < -0.4 is 5.32 Å². The summed E-state index contributed by atoms with van der Waals surface area (Å²) in [6.07, 6.45) is -4.73. The molecule has 0 fully saturated rings. The third-order valence-corrected chi connectivity index (χ3v) is 3.95. The van der Waals surface area contributed by atoms with Crippen LogP contribution in [0.4, 0.5) is 24.5 Å². The monoisotopic (exact) mass is 362 g/mol. The van der Waals surface area contributed by atoms with Crippen molar-refractivity contribution in [1.82, 2.24) is 0 Å². The Labute approximate surface area is 146 Å². The van der Waals surface area contributed by atoms with Gasteiger partial charge in [-0.1, -0.05) is 12.1 Å². The number of aryl methyl sites for hydroxylation is 1. The highest BCUT2D eigenvalue weighted by Gasteiger charge is 2.34. The van der Waals surface area contributed by atoms with E-state index in [0.717, 1.165) is 6.07 Å². The highest BCUT2D eigenvalue weighted by atomic mass is 19.4. The summed E-state index contributed by atoms with van der Waals surface area (Å²) in [5, 5.41) is 11.5. The van der Waals surface area contributed by atoms with Gasteiger partial charge in [0, 0.05) is 0 Å². The molecule has 0 saturated carbocycles. The Hall–Kier alpha value is -3.16. The summed E-state index contributed by atoms with van der Waals surface area (Å²) in [7, 11) is 0. The van der Waals surface area contributed by atoms with Gasteiger partial charge in [0.2, 0.25) is 5.91 Å². The molecule has 1 heterocycles. The number of carbonyl (C=O) groups is 2. The van der Waals surface area contributed by atoms with Crippen LogP contribution in [0, 0.1) is 6.92 Å². The van der Waals surface area contributed by atoms with Gasteiger partial charge in [0.1, 0.15) is 0 Å². The number of fused-ring (bicyclic) bond motifs is 1. The maximum Gasteiger partial charge on any atom is 0.416 e. The predicted octanol–water partition coefficient (Wildman–Crippen LogP) is 4.18. The van der Waals surface area contributed by atoms with E-state index in [1.54, 1.807) is 6.07 Å². The SMILES string of the molecule is Cc1cc2c(cc1C(F)(F)F)NC(=O)CC(c1cccc(C(=O)O)c1)=N2. The van der Waals surface area contributed by atoms with E-state index in [9.17, 15) is 22.8 Å². The summed E-state index contributed by atoms with van der Waals surface area (Å²) >= 11 is 0. The highest BCUT2D eigenvalue weighted by Crippen LogP contribution is 2.39. The number of hydrogen-bond donors (Lipinski definition) is 2. The van der Waals surface area contributed by atoms with Crippen molar-refractivity contribution in [3.8, 4) is 0 Å². The zero-order valence-electron chi connectivity index (χ0n) is 13.5. The van der Waals surface area contributed by atoms with Crippen LogP contribution in [0.3, 0.4) is 0 Å². The summed E-state index contributed by atoms with van der Waals surface area (Å²) in [4.78, 5) is 27.5. The number of carboxylic acid groups (broad SMARTS) is 1. The Morgan fingerprint density at radius 3 is 2.62 bits per heavy atom. The molecule has 0 atom stereocenters. The number of anilines is 1. The lowest BCUT2D eigenvalue weighted by molar-refractivity contribution is -0.138. The quantitative estimate of drug-likeness (QED) is 0.841. The van der Waals surface area contributed by atoms with Gasteiger partial charge >= 0.3 is 12.1 Å². The molecule has 2 N–H and O–H groups in total. The maximum absolute atomic E-state index is 13.1. The molecule has 2 aromatic rings. The Bertz CT molecular complexity index is 949. The van der Waals surface area contributed by atoms with Crippen LogP contribution in [-0.2, 0) is 11.0 Å². The van der Waals surface area contributed by atoms with Crippen molar-refractivity contribution in [2.24, 2.45) is 4.99 Å². The molecule has 0 unspecified atom stereocenters. The molecule has 0 saturated heterocycles. The zero-order chi connectivity index (χ0) is 19.1. The third-order valence-electron chi connectivity index (χ3n) is 3.95. The number of amides is 1. The second-order valence-corrected chi connectivity index (χ2v) is 5.85.